The Morgan fingerprint density at radius 2 is 2.08 bits per heavy atom. The van der Waals surface area contributed by atoms with E-state index in [9.17, 15) is 9.18 Å². The molecule has 1 aliphatic carbocycles. The largest absolute Gasteiger partial charge is 0.491 e. The summed E-state index contributed by atoms with van der Waals surface area (Å²) in [6, 6.07) is 6.61. The fraction of sp³-hybridized carbons (Fsp3) is 0.500. The highest BCUT2D eigenvalue weighted by Gasteiger charge is 2.48. The zero-order valence-electron chi connectivity index (χ0n) is 15.1. The number of nitrogens with zero attached hydrogens (tertiary/aromatic N) is 3. The molecule has 138 valence electrons. The van der Waals surface area contributed by atoms with Crippen molar-refractivity contribution in [2.75, 3.05) is 6.61 Å². The Hall–Kier alpha value is -2.37. The molecule has 1 aromatic heterocycles. The first-order valence-electron chi connectivity index (χ1n) is 9.28. The van der Waals surface area contributed by atoms with Crippen LogP contribution >= 0.6 is 0 Å². The second-order valence-corrected chi connectivity index (χ2v) is 7.57. The maximum Gasteiger partial charge on any atom is 0.257 e. The van der Waals surface area contributed by atoms with E-state index in [2.05, 4.69) is 5.10 Å². The number of carbonyl (C=O) groups excluding carboxylic acids is 1. The Kier molecular flexibility index (Phi) is 4.42. The Morgan fingerprint density at radius 1 is 1.31 bits per heavy atom. The second kappa shape index (κ2) is 6.74. The van der Waals surface area contributed by atoms with Gasteiger partial charge in [-0.2, -0.15) is 5.10 Å². The first kappa shape index (κ1) is 17.1. The molecule has 2 fully saturated rings. The maximum absolute atomic E-state index is 13.1. The Morgan fingerprint density at radius 3 is 2.77 bits per heavy atom. The standard InChI is InChI=1S/C20H24FN3O2/c1-13(2)23-11-15(10-22-23)20(25)24-17-6-3-14(9-17)19(24)12-26-18-7-4-16(21)5-8-18/h4-5,7-8,10-11,13-14,17,19H,3,6,9,12H2,1-2H3/t14-,17-,19+/m0/s1. The van der Waals surface area contributed by atoms with Crippen molar-refractivity contribution in [1.82, 2.24) is 14.7 Å². The van der Waals surface area contributed by atoms with Crippen molar-refractivity contribution in [3.05, 3.63) is 48.0 Å². The summed E-state index contributed by atoms with van der Waals surface area (Å²) >= 11 is 0. The average molecular weight is 357 g/mol. The summed E-state index contributed by atoms with van der Waals surface area (Å²) in [4.78, 5) is 15.1. The number of benzene rings is 1. The summed E-state index contributed by atoms with van der Waals surface area (Å²) in [6.45, 7) is 4.52. The summed E-state index contributed by atoms with van der Waals surface area (Å²) < 4.78 is 20.7. The van der Waals surface area contributed by atoms with Crippen LogP contribution in [-0.4, -0.2) is 39.3 Å². The molecule has 0 spiro atoms. The first-order valence-corrected chi connectivity index (χ1v) is 9.28. The van der Waals surface area contributed by atoms with Crippen molar-refractivity contribution in [2.24, 2.45) is 5.92 Å². The summed E-state index contributed by atoms with van der Waals surface area (Å²) in [5.41, 5.74) is 0.637. The molecule has 1 saturated carbocycles. The van der Waals surface area contributed by atoms with Crippen LogP contribution in [0.4, 0.5) is 4.39 Å². The molecule has 0 radical (unpaired) electrons. The van der Waals surface area contributed by atoms with Crippen molar-refractivity contribution in [1.29, 1.82) is 0 Å². The maximum atomic E-state index is 13.1. The number of amides is 1. The number of hydrogen-bond acceptors (Lipinski definition) is 3. The molecule has 0 N–H and O–H groups in total. The topological polar surface area (TPSA) is 47.4 Å². The Balaban J connectivity index is 1.49. The van der Waals surface area contributed by atoms with E-state index in [0.29, 0.717) is 23.8 Å². The second-order valence-electron chi connectivity index (χ2n) is 7.57. The predicted octanol–water partition coefficient (Wildman–Crippen LogP) is 3.68. The van der Waals surface area contributed by atoms with Gasteiger partial charge in [0.2, 0.25) is 0 Å². The van der Waals surface area contributed by atoms with Gasteiger partial charge >= 0.3 is 0 Å². The number of ether oxygens (including phenoxy) is 1. The van der Waals surface area contributed by atoms with Gasteiger partial charge in [0.25, 0.3) is 5.91 Å². The zero-order valence-corrected chi connectivity index (χ0v) is 15.1. The fourth-order valence-electron chi connectivity index (χ4n) is 4.22. The molecular formula is C20H24FN3O2. The van der Waals surface area contributed by atoms with Crippen molar-refractivity contribution >= 4 is 5.91 Å². The van der Waals surface area contributed by atoms with Gasteiger partial charge in [-0.1, -0.05) is 0 Å². The molecule has 4 rings (SSSR count). The van der Waals surface area contributed by atoms with E-state index >= 15 is 0 Å². The number of likely N-dealkylation sites (tertiary alicyclic amines) is 1. The lowest BCUT2D eigenvalue weighted by molar-refractivity contribution is 0.0505. The molecule has 3 atom stereocenters. The van der Waals surface area contributed by atoms with Crippen LogP contribution in [0.15, 0.2) is 36.7 Å². The van der Waals surface area contributed by atoms with Gasteiger partial charge in [0.15, 0.2) is 0 Å². The van der Waals surface area contributed by atoms with Gasteiger partial charge < -0.3 is 9.64 Å². The van der Waals surface area contributed by atoms with Crippen LogP contribution in [0.5, 0.6) is 5.75 Å². The fourth-order valence-corrected chi connectivity index (χ4v) is 4.22. The third-order valence-corrected chi connectivity index (χ3v) is 5.59. The van der Waals surface area contributed by atoms with Gasteiger partial charge in [-0.3, -0.25) is 9.48 Å². The molecular weight excluding hydrogens is 333 g/mol. The van der Waals surface area contributed by atoms with Gasteiger partial charge in [-0.25, -0.2) is 4.39 Å². The van der Waals surface area contributed by atoms with E-state index in [1.165, 1.54) is 12.1 Å². The van der Waals surface area contributed by atoms with Crippen LogP contribution in [0, 0.1) is 11.7 Å². The third kappa shape index (κ3) is 3.08. The number of hydrogen-bond donors (Lipinski definition) is 0. The molecule has 6 heteroatoms. The highest BCUT2D eigenvalue weighted by atomic mass is 19.1. The van der Waals surface area contributed by atoms with Crippen molar-refractivity contribution < 1.29 is 13.9 Å². The Bertz CT molecular complexity index is 787. The van der Waals surface area contributed by atoms with Crippen LogP contribution in [0.25, 0.3) is 0 Å². The number of carbonyl (C=O) groups is 1. The molecule has 0 unspecified atom stereocenters. The average Bonchev–Trinajstić information content (AvgIpc) is 3.36. The SMILES string of the molecule is CC(C)n1cc(C(=O)N2[C@H]3CC[C@@H](C3)[C@H]2COc2ccc(F)cc2)cn1. The lowest BCUT2D eigenvalue weighted by atomic mass is 9.99. The number of piperidine rings is 1. The van der Waals surface area contributed by atoms with Gasteiger partial charge in [0.05, 0.1) is 17.8 Å². The normalized spacial score (nSPS) is 24.5. The molecule has 2 heterocycles. The van der Waals surface area contributed by atoms with Crippen molar-refractivity contribution in [3.63, 3.8) is 0 Å². The van der Waals surface area contributed by atoms with Gasteiger partial charge in [0.1, 0.15) is 18.2 Å². The van der Waals surface area contributed by atoms with Crippen LogP contribution in [0.2, 0.25) is 0 Å². The monoisotopic (exact) mass is 357 g/mol. The van der Waals surface area contributed by atoms with E-state index in [1.54, 1.807) is 18.3 Å². The molecule has 5 nitrogen and oxygen atoms in total. The summed E-state index contributed by atoms with van der Waals surface area (Å²) in [5.74, 6) is 0.867. The third-order valence-electron chi connectivity index (χ3n) is 5.59. The molecule has 2 bridgehead atoms. The van der Waals surface area contributed by atoms with E-state index in [1.807, 2.05) is 29.6 Å². The van der Waals surface area contributed by atoms with Crippen molar-refractivity contribution in [2.45, 2.75) is 51.2 Å². The zero-order chi connectivity index (χ0) is 18.3. The minimum Gasteiger partial charge on any atom is -0.491 e. The summed E-state index contributed by atoms with van der Waals surface area (Å²) in [7, 11) is 0. The smallest absolute Gasteiger partial charge is 0.257 e. The Labute approximate surface area is 152 Å². The molecule has 1 amide bonds. The summed E-state index contributed by atoms with van der Waals surface area (Å²) in [5, 5.41) is 4.30. The molecule has 2 aliphatic rings. The van der Waals surface area contributed by atoms with Gasteiger partial charge in [-0.15, -0.1) is 0 Å². The predicted molar refractivity (Wildman–Crippen MR) is 95.6 cm³/mol. The lowest BCUT2D eigenvalue weighted by Gasteiger charge is -2.35. The number of fused-ring (bicyclic) bond motifs is 2. The van der Waals surface area contributed by atoms with E-state index in [-0.39, 0.29) is 29.8 Å². The number of halogens is 1. The van der Waals surface area contributed by atoms with E-state index in [0.717, 1.165) is 19.3 Å². The first-order chi connectivity index (χ1) is 12.5. The van der Waals surface area contributed by atoms with E-state index in [4.69, 9.17) is 4.74 Å². The highest BCUT2D eigenvalue weighted by molar-refractivity contribution is 5.94. The molecule has 1 aliphatic heterocycles. The quantitative estimate of drug-likeness (QED) is 0.820. The van der Waals surface area contributed by atoms with Gasteiger partial charge in [0, 0.05) is 18.3 Å². The molecule has 1 aromatic carbocycles. The molecule has 1 saturated heterocycles. The lowest BCUT2D eigenvalue weighted by Crippen LogP contribution is -2.47. The summed E-state index contributed by atoms with van der Waals surface area (Å²) in [6.07, 6.45) is 6.73. The van der Waals surface area contributed by atoms with Gasteiger partial charge in [-0.05, 0) is 63.3 Å². The molecule has 26 heavy (non-hydrogen) atoms. The van der Waals surface area contributed by atoms with Crippen LogP contribution < -0.4 is 4.74 Å². The van der Waals surface area contributed by atoms with E-state index < -0.39 is 0 Å². The number of aromatic nitrogens is 2. The van der Waals surface area contributed by atoms with Crippen LogP contribution in [-0.2, 0) is 0 Å². The van der Waals surface area contributed by atoms with Crippen LogP contribution in [0.1, 0.15) is 49.5 Å². The minimum atomic E-state index is -0.281. The van der Waals surface area contributed by atoms with Crippen molar-refractivity contribution in [3.8, 4) is 5.75 Å². The number of rotatable bonds is 5. The minimum absolute atomic E-state index is 0.0387. The molecule has 2 aromatic rings. The van der Waals surface area contributed by atoms with Crippen LogP contribution in [0.3, 0.4) is 0 Å². The highest BCUT2D eigenvalue weighted by Crippen LogP contribution is 2.43.